The van der Waals surface area contributed by atoms with E-state index >= 15 is 0 Å². The van der Waals surface area contributed by atoms with Crippen molar-refractivity contribution in [3.63, 3.8) is 0 Å². The second-order valence-corrected chi connectivity index (χ2v) is 1.30. The zero-order valence-corrected chi connectivity index (χ0v) is 6.06. The zero-order chi connectivity index (χ0) is 4.57. The van der Waals surface area contributed by atoms with Crippen LogP contribution >= 0.6 is 0 Å². The Morgan fingerprint density at radius 2 is 2.43 bits per heavy atom. The minimum Gasteiger partial charge on any atom is -1.00 e. The van der Waals surface area contributed by atoms with Crippen LogP contribution in [-0.4, -0.2) is 61.4 Å². The van der Waals surface area contributed by atoms with Crippen LogP contribution in [0, 0.1) is 0 Å². The van der Waals surface area contributed by atoms with Crippen molar-refractivity contribution in [2.24, 2.45) is 0 Å². The Labute approximate surface area is 74.1 Å². The van der Waals surface area contributed by atoms with Crippen LogP contribution in [0.15, 0.2) is 0 Å². The van der Waals surface area contributed by atoms with Crippen molar-refractivity contribution in [3.8, 4) is 0 Å². The minimum atomic E-state index is -0.741. The summed E-state index contributed by atoms with van der Waals surface area (Å²) in [6, 6.07) is -0.231. The van der Waals surface area contributed by atoms with Gasteiger partial charge in [0.15, 0.2) is 0 Å². The van der Waals surface area contributed by atoms with Crippen molar-refractivity contribution in [2.75, 3.05) is 6.54 Å². The van der Waals surface area contributed by atoms with E-state index in [0.29, 0.717) is 6.54 Å². The molecule has 1 heterocycles. The summed E-state index contributed by atoms with van der Waals surface area (Å²) >= 11 is 0. The summed E-state index contributed by atoms with van der Waals surface area (Å²) in [6.07, 6.45) is 0. The Morgan fingerprint density at radius 1 is 2.00 bits per heavy atom. The van der Waals surface area contributed by atoms with Crippen LogP contribution < -0.4 is 5.32 Å². The quantitative estimate of drug-likeness (QED) is 0.348. The van der Waals surface area contributed by atoms with Crippen LogP contribution in [0.1, 0.15) is 2.85 Å². The van der Waals surface area contributed by atoms with E-state index in [2.05, 4.69) is 5.32 Å². The third kappa shape index (κ3) is 2.49. The molecule has 0 aromatic heterocycles. The number of hydrogen-bond acceptors (Lipinski definition) is 2. The summed E-state index contributed by atoms with van der Waals surface area (Å²) in [6.45, 7) is 0.648. The Balaban J connectivity index is -0.000000120. The predicted octanol–water partition coefficient (Wildman–Crippen LogP) is -1.11. The molecule has 7 heavy (non-hydrogen) atoms. The molecule has 0 aromatic carbocycles. The summed E-state index contributed by atoms with van der Waals surface area (Å²) in [4.78, 5) is 9.70. The first-order valence-corrected chi connectivity index (χ1v) is 1.77. The molecule has 0 saturated carbocycles. The van der Waals surface area contributed by atoms with E-state index in [0.717, 1.165) is 0 Å². The fourth-order valence-corrected chi connectivity index (χ4v) is 0.234. The Bertz CT molecular complexity index is 87.9. The second-order valence-electron chi connectivity index (χ2n) is 1.30. The van der Waals surface area contributed by atoms with Gasteiger partial charge in [0.25, 0.3) is 0 Å². The summed E-state index contributed by atoms with van der Waals surface area (Å²) < 4.78 is 0. The van der Waals surface area contributed by atoms with Crippen LogP contribution in [0.4, 0.5) is 0 Å². The maximum absolute atomic E-state index is 9.70. The van der Waals surface area contributed by atoms with Gasteiger partial charge in [-0.25, -0.2) is 0 Å². The van der Waals surface area contributed by atoms with Gasteiger partial charge in [-0.15, -0.1) is 0 Å². The maximum atomic E-state index is 9.70. The Hall–Kier alpha value is 0.690. The first kappa shape index (κ1) is 7.69. The SMILES string of the molecule is O=C(O)C1CN1.[Ca+2].[H-].[H-]. The van der Waals surface area contributed by atoms with Gasteiger partial charge in [-0.1, -0.05) is 0 Å². The van der Waals surface area contributed by atoms with Crippen LogP contribution in [-0.2, 0) is 4.79 Å². The number of rotatable bonds is 1. The largest absolute Gasteiger partial charge is 2.00 e. The number of carboxylic acid groups (broad SMARTS) is 1. The predicted molar refractivity (Wildman–Crippen MR) is 27.4 cm³/mol. The van der Waals surface area contributed by atoms with Crippen molar-refractivity contribution in [1.29, 1.82) is 0 Å². The molecule has 1 atom stereocenters. The normalized spacial score (nSPS) is 25.4. The molecule has 0 amide bonds. The van der Waals surface area contributed by atoms with Crippen molar-refractivity contribution in [1.82, 2.24) is 5.32 Å². The smallest absolute Gasteiger partial charge is 1.00 e. The van der Waals surface area contributed by atoms with Crippen LogP contribution in [0.3, 0.4) is 0 Å². The number of carboxylic acids is 1. The van der Waals surface area contributed by atoms with Gasteiger partial charge in [0, 0.05) is 6.54 Å². The Kier molecular flexibility index (Phi) is 3.15. The zero-order valence-electron chi connectivity index (χ0n) is 5.85. The molecule has 0 radical (unpaired) electrons. The van der Waals surface area contributed by atoms with Gasteiger partial charge in [-0.3, -0.25) is 4.79 Å². The van der Waals surface area contributed by atoms with Gasteiger partial charge in [0.2, 0.25) is 0 Å². The van der Waals surface area contributed by atoms with Gasteiger partial charge in [-0.2, -0.15) is 0 Å². The molecule has 1 aliphatic rings. The summed E-state index contributed by atoms with van der Waals surface area (Å²) in [5.74, 6) is -0.741. The molecule has 0 spiro atoms. The van der Waals surface area contributed by atoms with Gasteiger partial charge in [-0.05, 0) is 0 Å². The number of nitrogens with one attached hydrogen (secondary N) is 1. The van der Waals surface area contributed by atoms with Crippen LogP contribution in [0.2, 0.25) is 0 Å². The topological polar surface area (TPSA) is 59.2 Å². The molecule has 0 aromatic rings. The third-order valence-corrected chi connectivity index (χ3v) is 0.706. The van der Waals surface area contributed by atoms with E-state index in [9.17, 15) is 4.79 Å². The molecule has 0 aliphatic carbocycles. The van der Waals surface area contributed by atoms with Gasteiger partial charge in [0.1, 0.15) is 6.04 Å². The Morgan fingerprint density at radius 3 is 2.43 bits per heavy atom. The van der Waals surface area contributed by atoms with Gasteiger partial charge in [0.05, 0.1) is 0 Å². The standard InChI is InChI=1S/C3H5NO2.Ca.2H/c5-3(6)2-1-4-2;;;/h2,4H,1H2,(H,5,6);;;/q;+2;2*-1. The van der Waals surface area contributed by atoms with E-state index in [1.54, 1.807) is 0 Å². The van der Waals surface area contributed by atoms with E-state index in [1.807, 2.05) is 0 Å². The minimum absolute atomic E-state index is 0. The molecule has 1 unspecified atom stereocenters. The van der Waals surface area contributed by atoms with Gasteiger partial charge >= 0.3 is 43.7 Å². The second kappa shape index (κ2) is 2.87. The summed E-state index contributed by atoms with van der Waals surface area (Å²) in [7, 11) is 0. The number of aliphatic carboxylic acids is 1. The molecule has 0 bridgehead atoms. The molecule has 1 aliphatic heterocycles. The van der Waals surface area contributed by atoms with Crippen LogP contribution in [0.25, 0.3) is 0 Å². The molecular weight excluding hydrogens is 122 g/mol. The van der Waals surface area contributed by atoms with Crippen molar-refractivity contribution in [2.45, 2.75) is 6.04 Å². The van der Waals surface area contributed by atoms with Crippen molar-refractivity contribution >= 4 is 43.7 Å². The van der Waals surface area contributed by atoms with Gasteiger partial charge < -0.3 is 13.3 Å². The van der Waals surface area contributed by atoms with E-state index in [-0.39, 0.29) is 46.6 Å². The van der Waals surface area contributed by atoms with E-state index < -0.39 is 5.97 Å². The van der Waals surface area contributed by atoms with Crippen molar-refractivity contribution in [3.05, 3.63) is 0 Å². The van der Waals surface area contributed by atoms with E-state index in [4.69, 9.17) is 5.11 Å². The monoisotopic (exact) mass is 129 g/mol. The maximum Gasteiger partial charge on any atom is 2.00 e. The average molecular weight is 129 g/mol. The fourth-order valence-electron chi connectivity index (χ4n) is 0.234. The van der Waals surface area contributed by atoms with Crippen molar-refractivity contribution < 1.29 is 12.8 Å². The molecule has 38 valence electrons. The molecular formula is C3H7CaNO2. The average Bonchev–Trinajstić information content (AvgIpc) is 2.06. The van der Waals surface area contributed by atoms with Crippen LogP contribution in [0.5, 0.6) is 0 Å². The number of carbonyl (C=O) groups is 1. The summed E-state index contributed by atoms with van der Waals surface area (Å²) in [5.41, 5.74) is 0. The molecule has 1 saturated heterocycles. The first-order valence-electron chi connectivity index (χ1n) is 1.77. The third-order valence-electron chi connectivity index (χ3n) is 0.706. The summed E-state index contributed by atoms with van der Waals surface area (Å²) in [5, 5.41) is 10.6. The molecule has 2 N–H and O–H groups in total. The fraction of sp³-hybridized carbons (Fsp3) is 0.667. The molecule has 1 fully saturated rings. The first-order chi connectivity index (χ1) is 2.80. The molecule has 3 nitrogen and oxygen atoms in total. The van der Waals surface area contributed by atoms with E-state index in [1.165, 1.54) is 0 Å². The molecule has 1 rings (SSSR count). The number of hydrogen-bond donors (Lipinski definition) is 2. The molecule has 4 heteroatoms.